The van der Waals surface area contributed by atoms with E-state index in [1.165, 1.54) is 0 Å². The number of primary amides is 1. The number of nitrogens with two attached hydrogens (primary N) is 2. The third-order valence-corrected chi connectivity index (χ3v) is 2.77. The third kappa shape index (κ3) is 3.92. The predicted molar refractivity (Wildman–Crippen MR) is 69.5 cm³/mol. The molecule has 0 aromatic heterocycles. The fraction of sp³-hybridized carbons (Fsp3) is 0.462. The molecule has 0 fully saturated rings. The van der Waals surface area contributed by atoms with Crippen LogP contribution in [-0.2, 0) is 4.79 Å². The predicted octanol–water partition coefficient (Wildman–Crippen LogP) is 1.36. The van der Waals surface area contributed by atoms with Gasteiger partial charge in [-0.1, -0.05) is 0 Å². The molecule has 1 rings (SSSR count). The van der Waals surface area contributed by atoms with Gasteiger partial charge in [0.2, 0.25) is 5.91 Å². The summed E-state index contributed by atoms with van der Waals surface area (Å²) in [5.41, 5.74) is 12.1. The summed E-state index contributed by atoms with van der Waals surface area (Å²) in [6, 6.07) is 5.29. The maximum absolute atomic E-state index is 10.7. The van der Waals surface area contributed by atoms with Crippen molar-refractivity contribution in [3.05, 3.63) is 23.8 Å². The molecule has 5 heteroatoms. The Morgan fingerprint density at radius 3 is 2.61 bits per heavy atom. The average molecular weight is 252 g/mol. The van der Waals surface area contributed by atoms with Crippen LogP contribution >= 0.6 is 0 Å². The van der Waals surface area contributed by atoms with Crippen LogP contribution in [0.3, 0.4) is 0 Å². The van der Waals surface area contributed by atoms with Crippen LogP contribution in [0.1, 0.15) is 30.9 Å². The Kier molecular flexibility index (Phi) is 5.45. The standard InChI is InChI=1S/C13H20N2O3/c1-17-9-6-7-12(18-2)10(8-9)11(14)4-3-5-13(15)16/h6-8,11H,3-5,14H2,1-2H3,(H2,15,16). The Morgan fingerprint density at radius 2 is 2.06 bits per heavy atom. The molecule has 18 heavy (non-hydrogen) atoms. The summed E-state index contributed by atoms with van der Waals surface area (Å²) in [5.74, 6) is 1.15. The lowest BCUT2D eigenvalue weighted by Gasteiger charge is -2.16. The van der Waals surface area contributed by atoms with Gasteiger partial charge in [0.05, 0.1) is 14.2 Å². The number of carbonyl (C=O) groups is 1. The van der Waals surface area contributed by atoms with Crippen molar-refractivity contribution in [3.63, 3.8) is 0 Å². The first kappa shape index (κ1) is 14.3. The van der Waals surface area contributed by atoms with E-state index in [2.05, 4.69) is 0 Å². The second kappa shape index (κ2) is 6.86. The summed E-state index contributed by atoms with van der Waals surface area (Å²) in [5, 5.41) is 0. The van der Waals surface area contributed by atoms with E-state index in [-0.39, 0.29) is 11.9 Å². The SMILES string of the molecule is COc1ccc(OC)c(C(N)CCCC(N)=O)c1. The average Bonchev–Trinajstić information content (AvgIpc) is 2.37. The van der Waals surface area contributed by atoms with E-state index in [1.807, 2.05) is 18.2 Å². The highest BCUT2D eigenvalue weighted by Crippen LogP contribution is 2.30. The Labute approximate surface area is 107 Å². The maximum atomic E-state index is 10.7. The number of hydrogen-bond donors (Lipinski definition) is 2. The highest BCUT2D eigenvalue weighted by molar-refractivity contribution is 5.73. The highest BCUT2D eigenvalue weighted by Gasteiger charge is 2.13. The van der Waals surface area contributed by atoms with Gasteiger partial charge in [0, 0.05) is 18.0 Å². The van der Waals surface area contributed by atoms with Crippen LogP contribution in [0.25, 0.3) is 0 Å². The molecule has 0 aliphatic heterocycles. The van der Waals surface area contributed by atoms with E-state index < -0.39 is 0 Å². The van der Waals surface area contributed by atoms with Crippen LogP contribution in [0.15, 0.2) is 18.2 Å². The van der Waals surface area contributed by atoms with Gasteiger partial charge >= 0.3 is 0 Å². The number of amides is 1. The topological polar surface area (TPSA) is 87.6 Å². The molecule has 0 saturated carbocycles. The van der Waals surface area contributed by atoms with E-state index in [0.717, 1.165) is 17.1 Å². The molecule has 0 bridgehead atoms. The molecule has 0 heterocycles. The minimum absolute atomic E-state index is 0.200. The zero-order valence-electron chi connectivity index (χ0n) is 10.8. The molecule has 0 aliphatic rings. The Balaban J connectivity index is 2.75. The van der Waals surface area contributed by atoms with Gasteiger partial charge in [0.1, 0.15) is 11.5 Å². The molecular formula is C13H20N2O3. The molecule has 0 radical (unpaired) electrons. The molecular weight excluding hydrogens is 232 g/mol. The zero-order chi connectivity index (χ0) is 13.5. The summed E-state index contributed by atoms with van der Waals surface area (Å²) in [6.07, 6.45) is 1.68. The van der Waals surface area contributed by atoms with Gasteiger partial charge in [0.25, 0.3) is 0 Å². The number of carbonyl (C=O) groups excluding carboxylic acids is 1. The molecule has 1 aromatic carbocycles. The van der Waals surface area contributed by atoms with Crippen molar-refractivity contribution in [1.82, 2.24) is 0 Å². The first-order chi connectivity index (χ1) is 8.58. The largest absolute Gasteiger partial charge is 0.497 e. The number of methoxy groups -OCH3 is 2. The summed E-state index contributed by atoms with van der Waals surface area (Å²) in [7, 11) is 3.20. The lowest BCUT2D eigenvalue weighted by atomic mass is 10.0. The van der Waals surface area contributed by atoms with E-state index in [1.54, 1.807) is 14.2 Å². The lowest BCUT2D eigenvalue weighted by Crippen LogP contribution is -2.14. The summed E-state index contributed by atoms with van der Waals surface area (Å²) >= 11 is 0. The van der Waals surface area contributed by atoms with Crippen molar-refractivity contribution in [3.8, 4) is 11.5 Å². The first-order valence-corrected chi connectivity index (χ1v) is 5.84. The van der Waals surface area contributed by atoms with Gasteiger partial charge < -0.3 is 20.9 Å². The molecule has 1 atom stereocenters. The van der Waals surface area contributed by atoms with Crippen LogP contribution in [0.2, 0.25) is 0 Å². The molecule has 4 N–H and O–H groups in total. The molecule has 0 spiro atoms. The molecule has 1 unspecified atom stereocenters. The number of ether oxygens (including phenoxy) is 2. The minimum Gasteiger partial charge on any atom is -0.497 e. The first-order valence-electron chi connectivity index (χ1n) is 5.84. The highest BCUT2D eigenvalue weighted by atomic mass is 16.5. The smallest absolute Gasteiger partial charge is 0.217 e. The number of benzene rings is 1. The Hall–Kier alpha value is -1.75. The lowest BCUT2D eigenvalue weighted by molar-refractivity contribution is -0.118. The van der Waals surface area contributed by atoms with Crippen LogP contribution in [0.4, 0.5) is 0 Å². The van der Waals surface area contributed by atoms with Crippen LogP contribution in [-0.4, -0.2) is 20.1 Å². The monoisotopic (exact) mass is 252 g/mol. The van der Waals surface area contributed by atoms with Gasteiger partial charge in [0.15, 0.2) is 0 Å². The second-order valence-electron chi connectivity index (χ2n) is 4.07. The van der Waals surface area contributed by atoms with Crippen molar-refractivity contribution in [2.24, 2.45) is 11.5 Å². The van der Waals surface area contributed by atoms with Crippen molar-refractivity contribution in [1.29, 1.82) is 0 Å². The summed E-state index contributed by atoms with van der Waals surface area (Å²) in [4.78, 5) is 10.7. The van der Waals surface area contributed by atoms with Crippen LogP contribution in [0, 0.1) is 0 Å². The maximum Gasteiger partial charge on any atom is 0.217 e. The third-order valence-electron chi connectivity index (χ3n) is 2.77. The second-order valence-corrected chi connectivity index (χ2v) is 4.07. The molecule has 100 valence electrons. The van der Waals surface area contributed by atoms with E-state index in [0.29, 0.717) is 19.3 Å². The molecule has 1 aromatic rings. The summed E-state index contributed by atoms with van der Waals surface area (Å²) in [6.45, 7) is 0. The fourth-order valence-electron chi connectivity index (χ4n) is 1.78. The molecule has 0 saturated heterocycles. The van der Waals surface area contributed by atoms with Gasteiger partial charge in [-0.05, 0) is 31.0 Å². The van der Waals surface area contributed by atoms with Crippen LogP contribution < -0.4 is 20.9 Å². The molecule has 5 nitrogen and oxygen atoms in total. The van der Waals surface area contributed by atoms with Gasteiger partial charge in [-0.2, -0.15) is 0 Å². The quantitative estimate of drug-likeness (QED) is 0.767. The van der Waals surface area contributed by atoms with Gasteiger partial charge in [-0.25, -0.2) is 0 Å². The van der Waals surface area contributed by atoms with E-state index in [9.17, 15) is 4.79 Å². The van der Waals surface area contributed by atoms with E-state index >= 15 is 0 Å². The van der Waals surface area contributed by atoms with Crippen molar-refractivity contribution >= 4 is 5.91 Å². The summed E-state index contributed by atoms with van der Waals surface area (Å²) < 4.78 is 10.4. The van der Waals surface area contributed by atoms with Crippen LogP contribution in [0.5, 0.6) is 11.5 Å². The van der Waals surface area contributed by atoms with E-state index in [4.69, 9.17) is 20.9 Å². The van der Waals surface area contributed by atoms with Gasteiger partial charge in [-0.3, -0.25) is 4.79 Å². The van der Waals surface area contributed by atoms with Crippen molar-refractivity contribution < 1.29 is 14.3 Å². The van der Waals surface area contributed by atoms with Crippen molar-refractivity contribution in [2.75, 3.05) is 14.2 Å². The number of hydrogen-bond acceptors (Lipinski definition) is 4. The molecule has 1 amide bonds. The fourth-order valence-corrected chi connectivity index (χ4v) is 1.78. The molecule has 0 aliphatic carbocycles. The zero-order valence-corrected chi connectivity index (χ0v) is 10.8. The van der Waals surface area contributed by atoms with Crippen molar-refractivity contribution in [2.45, 2.75) is 25.3 Å². The minimum atomic E-state index is -0.306. The van der Waals surface area contributed by atoms with Gasteiger partial charge in [-0.15, -0.1) is 0 Å². The normalized spacial score (nSPS) is 11.9. The Morgan fingerprint density at radius 1 is 1.33 bits per heavy atom. The number of rotatable bonds is 7. The Bertz CT molecular complexity index is 407.